The van der Waals surface area contributed by atoms with Gasteiger partial charge in [-0.2, -0.15) is 0 Å². The van der Waals surface area contributed by atoms with E-state index >= 15 is 0 Å². The molecule has 2 atom stereocenters. The third-order valence-electron chi connectivity index (χ3n) is 8.86. The Bertz CT molecular complexity index is 1370. The third-order valence-corrected chi connectivity index (χ3v) is 8.86. The second-order valence-electron chi connectivity index (χ2n) is 15.2. The molecule has 0 rings (SSSR count). The molecule has 8 nitrogen and oxygen atoms in total. The minimum Gasteiger partial charge on any atom is -0.544 e. The maximum absolute atomic E-state index is 12.7. The number of hydrogen-bond donors (Lipinski definition) is 0. The zero-order valence-electron chi connectivity index (χ0n) is 37.4. The number of ether oxygens (including phenoxy) is 3. The summed E-state index contributed by atoms with van der Waals surface area (Å²) in [6.07, 6.45) is 56.7. The average Bonchev–Trinajstić information content (AvgIpc) is 3.19. The van der Waals surface area contributed by atoms with Crippen LogP contribution in [0.3, 0.4) is 0 Å². The van der Waals surface area contributed by atoms with E-state index in [9.17, 15) is 19.5 Å². The van der Waals surface area contributed by atoms with E-state index in [-0.39, 0.29) is 49.5 Å². The summed E-state index contributed by atoms with van der Waals surface area (Å²) in [5.74, 6) is -1.91. The number of likely N-dealkylation sites (N-methyl/N-ethyl adjacent to an activating group) is 1. The van der Waals surface area contributed by atoms with Gasteiger partial charge in [0.25, 0.3) is 0 Å². The number of carboxylic acids is 1. The molecule has 0 amide bonds. The average molecular weight is 818 g/mol. The van der Waals surface area contributed by atoms with Gasteiger partial charge in [0.15, 0.2) is 6.10 Å². The Balaban J connectivity index is 4.54. The lowest BCUT2D eigenvalue weighted by atomic mass is 10.1. The number of carboxylic acid groups (broad SMARTS) is 1. The normalized spacial score (nSPS) is 14.1. The summed E-state index contributed by atoms with van der Waals surface area (Å²) in [4.78, 5) is 36.8. The Morgan fingerprint density at radius 2 is 0.932 bits per heavy atom. The van der Waals surface area contributed by atoms with Crippen molar-refractivity contribution in [2.75, 3.05) is 41.0 Å². The molecule has 0 aromatic carbocycles. The molecule has 8 heteroatoms. The van der Waals surface area contributed by atoms with Crippen molar-refractivity contribution in [1.29, 1.82) is 0 Å². The van der Waals surface area contributed by atoms with E-state index in [1.807, 2.05) is 12.2 Å². The second kappa shape index (κ2) is 40.5. The van der Waals surface area contributed by atoms with E-state index in [1.165, 1.54) is 0 Å². The number of esters is 2. The maximum atomic E-state index is 12.7. The van der Waals surface area contributed by atoms with Crippen LogP contribution in [0.2, 0.25) is 0 Å². The minimum atomic E-state index is -1.15. The molecule has 0 radical (unpaired) electrons. The Kier molecular flexibility index (Phi) is 37.6. The van der Waals surface area contributed by atoms with E-state index in [2.05, 4.69) is 123 Å². The first-order valence-electron chi connectivity index (χ1n) is 22.1. The van der Waals surface area contributed by atoms with Crippen LogP contribution >= 0.6 is 0 Å². The fourth-order valence-electron chi connectivity index (χ4n) is 5.50. The number of carbonyl (C=O) groups excluding carboxylic acids is 3. The van der Waals surface area contributed by atoms with Crippen LogP contribution in [0.4, 0.5) is 0 Å². The highest BCUT2D eigenvalue weighted by Gasteiger charge is 2.25. The van der Waals surface area contributed by atoms with Crippen LogP contribution in [0, 0.1) is 0 Å². The Hall–Kier alpha value is -4.27. The molecule has 0 spiro atoms. The predicted molar refractivity (Wildman–Crippen MR) is 244 cm³/mol. The molecule has 59 heavy (non-hydrogen) atoms. The third kappa shape index (κ3) is 39.0. The first kappa shape index (κ1) is 54.7. The predicted octanol–water partition coefficient (Wildman–Crippen LogP) is 10.9. The summed E-state index contributed by atoms with van der Waals surface area (Å²) >= 11 is 0. The zero-order chi connectivity index (χ0) is 43.5. The molecule has 0 aliphatic rings. The van der Waals surface area contributed by atoms with Gasteiger partial charge in [-0.15, -0.1) is 0 Å². The van der Waals surface area contributed by atoms with Crippen molar-refractivity contribution < 1.29 is 38.2 Å². The van der Waals surface area contributed by atoms with Crippen molar-refractivity contribution in [2.45, 2.75) is 142 Å². The van der Waals surface area contributed by atoms with Crippen molar-refractivity contribution in [3.8, 4) is 0 Å². The van der Waals surface area contributed by atoms with Crippen LogP contribution in [0.25, 0.3) is 0 Å². The fraction of sp³-hybridized carbons (Fsp3) is 0.549. The monoisotopic (exact) mass is 818 g/mol. The number of aliphatic carboxylic acids is 1. The summed E-state index contributed by atoms with van der Waals surface area (Å²) in [5.41, 5.74) is 0. The Labute approximate surface area is 359 Å². The summed E-state index contributed by atoms with van der Waals surface area (Å²) in [5, 5.41) is 11.6. The minimum absolute atomic E-state index is 0.00908. The van der Waals surface area contributed by atoms with E-state index in [1.54, 1.807) is 21.1 Å². The molecular weight excluding hydrogens is 739 g/mol. The number of rotatable bonds is 37. The summed E-state index contributed by atoms with van der Waals surface area (Å²) in [6, 6.07) is -0.752. The lowest BCUT2D eigenvalue weighted by Gasteiger charge is -2.34. The molecule has 0 N–H and O–H groups in total. The molecule has 330 valence electrons. The molecule has 2 unspecified atom stereocenters. The van der Waals surface area contributed by atoms with Crippen molar-refractivity contribution in [3.05, 3.63) is 122 Å². The molecule has 0 saturated heterocycles. The summed E-state index contributed by atoms with van der Waals surface area (Å²) in [7, 11) is 5.35. The van der Waals surface area contributed by atoms with Gasteiger partial charge in [0.2, 0.25) is 0 Å². The van der Waals surface area contributed by atoms with Crippen LogP contribution in [-0.4, -0.2) is 75.5 Å². The standard InChI is InChI=1S/C51H79NO7/c1-6-8-10-12-14-16-18-20-22-24-25-26-28-29-31-33-35-37-39-41-49(53)58-46-47(45-57-44-43-48(51(55)56)52(3,4)5)59-50(54)42-40-38-36-34-32-30-27-23-21-19-17-15-13-11-9-7-2/h8-11,14-17,20-23,25-26,29-32,36,38,47-48H,6-7,12-13,18-19,24,27-28,33-35,37,39-46H2,1-5H3/b10-8+,11-9+,16-14+,17-15+,22-20+,23-21+,26-25+,31-29+,32-30+,38-36+. The summed E-state index contributed by atoms with van der Waals surface area (Å²) in [6.45, 7) is 4.28. The van der Waals surface area contributed by atoms with Crippen LogP contribution in [0.15, 0.2) is 122 Å². The van der Waals surface area contributed by atoms with Crippen LogP contribution in [0.1, 0.15) is 129 Å². The molecule has 0 aromatic rings. The largest absolute Gasteiger partial charge is 0.544 e. The van der Waals surface area contributed by atoms with Gasteiger partial charge in [-0.05, 0) is 89.9 Å². The van der Waals surface area contributed by atoms with Crippen molar-refractivity contribution in [2.24, 2.45) is 0 Å². The molecule has 0 bridgehead atoms. The van der Waals surface area contributed by atoms with E-state index in [4.69, 9.17) is 14.2 Å². The molecule has 0 aliphatic carbocycles. The van der Waals surface area contributed by atoms with Crippen molar-refractivity contribution in [3.63, 3.8) is 0 Å². The molecular formula is C51H79NO7. The molecule has 0 aliphatic heterocycles. The van der Waals surface area contributed by atoms with Crippen molar-refractivity contribution in [1.82, 2.24) is 0 Å². The quantitative estimate of drug-likeness (QED) is 0.0266. The zero-order valence-corrected chi connectivity index (χ0v) is 37.4. The molecule has 0 aromatic heterocycles. The topological polar surface area (TPSA) is 102 Å². The highest BCUT2D eigenvalue weighted by atomic mass is 16.6. The van der Waals surface area contributed by atoms with Crippen LogP contribution < -0.4 is 5.11 Å². The molecule has 0 fully saturated rings. The van der Waals surface area contributed by atoms with E-state index in [0.717, 1.165) is 83.5 Å². The maximum Gasteiger partial charge on any atom is 0.306 e. The van der Waals surface area contributed by atoms with Gasteiger partial charge < -0.3 is 28.6 Å². The number of allylic oxidation sites excluding steroid dienone is 20. The smallest absolute Gasteiger partial charge is 0.306 e. The van der Waals surface area contributed by atoms with Crippen LogP contribution in [-0.2, 0) is 28.6 Å². The molecule has 0 saturated carbocycles. The summed E-state index contributed by atoms with van der Waals surface area (Å²) < 4.78 is 17.0. The SMILES string of the molecule is CC/C=C/C/C=C/C/C=C/C/C=C/C/C=C/CCCCCC(=O)OCC(COCCC(C(=O)[O-])[N+](C)(C)C)OC(=O)CC/C=C/C/C=C/C/C=C/C/C=C/C/C=C/CC. The number of carbonyl (C=O) groups is 3. The van der Waals surface area contributed by atoms with Gasteiger partial charge in [0.05, 0.1) is 40.3 Å². The van der Waals surface area contributed by atoms with E-state index < -0.39 is 24.1 Å². The van der Waals surface area contributed by atoms with E-state index in [0.29, 0.717) is 12.8 Å². The highest BCUT2D eigenvalue weighted by Crippen LogP contribution is 2.10. The Morgan fingerprint density at radius 1 is 0.508 bits per heavy atom. The second-order valence-corrected chi connectivity index (χ2v) is 15.2. The number of nitrogens with zero attached hydrogens (tertiary/aromatic N) is 1. The molecule has 0 heterocycles. The number of unbranched alkanes of at least 4 members (excludes halogenated alkanes) is 3. The number of quaternary nitrogens is 1. The Morgan fingerprint density at radius 3 is 1.36 bits per heavy atom. The lowest BCUT2D eigenvalue weighted by Crippen LogP contribution is -2.55. The van der Waals surface area contributed by atoms with Gasteiger partial charge in [-0.25, -0.2) is 0 Å². The van der Waals surface area contributed by atoms with Gasteiger partial charge in [-0.3, -0.25) is 9.59 Å². The first-order valence-corrected chi connectivity index (χ1v) is 22.1. The first-order chi connectivity index (χ1) is 28.6. The fourth-order valence-corrected chi connectivity index (χ4v) is 5.50. The lowest BCUT2D eigenvalue weighted by molar-refractivity contribution is -0.889. The van der Waals surface area contributed by atoms with Gasteiger partial charge in [0.1, 0.15) is 12.6 Å². The van der Waals surface area contributed by atoms with Gasteiger partial charge in [-0.1, -0.05) is 142 Å². The highest BCUT2D eigenvalue weighted by molar-refractivity contribution is 5.70. The van der Waals surface area contributed by atoms with Gasteiger partial charge in [0, 0.05) is 19.3 Å². The number of hydrogen-bond acceptors (Lipinski definition) is 7. The van der Waals surface area contributed by atoms with Crippen LogP contribution in [0.5, 0.6) is 0 Å². The van der Waals surface area contributed by atoms with Crippen molar-refractivity contribution >= 4 is 17.9 Å². The van der Waals surface area contributed by atoms with Gasteiger partial charge >= 0.3 is 11.9 Å².